The lowest BCUT2D eigenvalue weighted by molar-refractivity contribution is 0.228. The Hall–Kier alpha value is -6.80. The van der Waals surface area contributed by atoms with Gasteiger partial charge >= 0.3 is 0 Å². The van der Waals surface area contributed by atoms with Gasteiger partial charge in [-0.25, -0.2) is 0 Å². The second-order valence-corrected chi connectivity index (χ2v) is 18.9. The van der Waals surface area contributed by atoms with Crippen LogP contribution in [0.1, 0.15) is 199 Å². The Morgan fingerprint density at radius 3 is 0.575 bits per heavy atom. The van der Waals surface area contributed by atoms with Crippen molar-refractivity contribution >= 4 is 0 Å². The third-order valence-electron chi connectivity index (χ3n) is 11.8. The minimum Gasteiger partial charge on any atom is -0.508 e. The van der Waals surface area contributed by atoms with Crippen molar-refractivity contribution in [3.63, 3.8) is 0 Å². The van der Waals surface area contributed by atoms with E-state index in [1.54, 1.807) is 24.3 Å². The van der Waals surface area contributed by atoms with E-state index in [2.05, 4.69) is 0 Å². The summed E-state index contributed by atoms with van der Waals surface area (Å²) < 4.78 is 84.6. The predicted molar refractivity (Wildman–Crippen MR) is 446 cm³/mol. The van der Waals surface area contributed by atoms with E-state index in [1.165, 1.54) is 5.56 Å². The van der Waals surface area contributed by atoms with Crippen LogP contribution in [0, 0.1) is 6.92 Å². The molecule has 0 spiro atoms. The highest BCUT2D eigenvalue weighted by Crippen LogP contribution is 2.30. The van der Waals surface area contributed by atoms with Crippen LogP contribution in [-0.2, 0) is 37.9 Å². The summed E-state index contributed by atoms with van der Waals surface area (Å²) in [6, 6.07) is 49.6. The summed E-state index contributed by atoms with van der Waals surface area (Å²) in [7, 11) is 0. The average Bonchev–Trinajstić information content (AvgIpc) is 1.81. The second-order valence-electron chi connectivity index (χ2n) is 18.9. The van der Waals surface area contributed by atoms with Gasteiger partial charge in [-0.15, -0.1) is 0 Å². The Bertz CT molecular complexity index is 2410. The van der Waals surface area contributed by atoms with Gasteiger partial charge in [0.15, 0.2) is 23.0 Å². The van der Waals surface area contributed by atoms with E-state index in [4.69, 9.17) is 80.9 Å². The highest BCUT2D eigenvalue weighted by molar-refractivity contribution is 5.40. The van der Waals surface area contributed by atoms with Gasteiger partial charge in [0.05, 0.1) is 52.9 Å². The number of benzene rings is 6. The number of aryl methyl sites for hydroxylation is 1. The first-order chi connectivity index (χ1) is 52.4. The highest BCUT2D eigenvalue weighted by Gasteiger charge is 2.28. The zero-order valence-electron chi connectivity index (χ0n) is 71.9. The molecule has 0 bridgehead atoms. The summed E-state index contributed by atoms with van der Waals surface area (Å²) in [5.74, 6) is 6.93. The van der Waals surface area contributed by atoms with Gasteiger partial charge in [-0.05, 0) is 91.3 Å². The van der Waals surface area contributed by atoms with Crippen LogP contribution in [0.15, 0.2) is 158 Å². The quantitative estimate of drug-likeness (QED) is 0.0562. The van der Waals surface area contributed by atoms with Crippen molar-refractivity contribution in [3.8, 4) is 51.7 Å². The third kappa shape index (κ3) is 66.6. The molecule has 8 unspecified atom stereocenters. The van der Waals surface area contributed by atoms with Crippen LogP contribution in [0.3, 0.4) is 0 Å². The maximum absolute atomic E-state index is 8.97. The normalized spacial score (nSPS) is 17.8. The molecule has 0 aromatic heterocycles. The fourth-order valence-corrected chi connectivity index (χ4v) is 6.47. The second kappa shape index (κ2) is 83.8. The molecule has 0 amide bonds. The van der Waals surface area contributed by atoms with Gasteiger partial charge in [0.25, 0.3) is 0 Å². The van der Waals surface area contributed by atoms with E-state index < -0.39 is 0 Å². The minimum absolute atomic E-state index is 0.255. The molecule has 17 heteroatoms. The monoisotopic (exact) mass is 1500 g/mol. The van der Waals surface area contributed by atoms with Crippen molar-refractivity contribution in [1.82, 2.24) is 0 Å². The number of epoxide rings is 8. The summed E-state index contributed by atoms with van der Waals surface area (Å²) in [6.45, 7) is 69.7. The van der Waals surface area contributed by atoms with Gasteiger partial charge in [0.2, 0.25) is 0 Å². The molecule has 8 fully saturated rings. The lowest BCUT2D eigenvalue weighted by atomic mass is 10.2. The molecule has 8 saturated heterocycles. The molecule has 8 aliphatic rings. The van der Waals surface area contributed by atoms with E-state index in [0.29, 0.717) is 71.2 Å². The summed E-state index contributed by atoms with van der Waals surface area (Å²) in [5, 5.41) is 8.97. The Balaban J connectivity index is -0.000000266. The van der Waals surface area contributed by atoms with Crippen molar-refractivity contribution in [3.05, 3.63) is 163 Å². The Morgan fingerprint density at radius 1 is 0.217 bits per heavy atom. The molecule has 0 saturated carbocycles. The van der Waals surface area contributed by atoms with Crippen LogP contribution in [0.2, 0.25) is 0 Å². The van der Waals surface area contributed by atoms with E-state index in [0.717, 1.165) is 98.9 Å². The molecule has 106 heavy (non-hydrogen) atoms. The van der Waals surface area contributed by atoms with Crippen LogP contribution in [0.5, 0.6) is 51.7 Å². The fraction of sp³-hybridized carbons (Fsp3) is 0.596. The predicted octanol–water partition coefficient (Wildman–Crippen LogP) is 22.7. The van der Waals surface area contributed by atoms with Gasteiger partial charge in [0.1, 0.15) is 130 Å². The molecule has 6 aromatic rings. The number of phenolic OH excluding ortho intramolecular Hbond substituents is 1. The first-order valence-electron chi connectivity index (χ1n) is 40.5. The van der Waals surface area contributed by atoms with Crippen molar-refractivity contribution < 1.29 is 80.9 Å². The first-order valence-corrected chi connectivity index (χ1v) is 40.5. The highest BCUT2D eigenvalue weighted by atomic mass is 16.6. The first kappa shape index (κ1) is 110. The number of rotatable bonds is 24. The molecule has 17 nitrogen and oxygen atoms in total. The summed E-state index contributed by atoms with van der Waals surface area (Å²) >= 11 is 0. The molecular weight excluding hydrogens is 1340 g/mol. The Labute approximate surface area is 648 Å². The van der Waals surface area contributed by atoms with Gasteiger partial charge in [0, 0.05) is 0 Å². The smallest absolute Gasteiger partial charge is 0.161 e. The molecule has 612 valence electrons. The topological polar surface area (TPSA) is 194 Å². The number of para-hydroxylation sites is 7. The number of ether oxygens (including phenoxy) is 16. The van der Waals surface area contributed by atoms with Crippen molar-refractivity contribution in [2.24, 2.45) is 0 Å². The molecule has 1 N–H and O–H groups in total. The Morgan fingerprint density at radius 2 is 0.377 bits per heavy atom. The zero-order valence-corrected chi connectivity index (χ0v) is 71.9. The number of hydrogen-bond donors (Lipinski definition) is 1. The largest absolute Gasteiger partial charge is 0.508 e. The van der Waals surface area contributed by atoms with Crippen LogP contribution < -0.4 is 37.9 Å². The molecule has 0 aliphatic carbocycles. The molecule has 14 rings (SSSR count). The van der Waals surface area contributed by atoms with Gasteiger partial charge < -0.3 is 80.9 Å². The lowest BCUT2D eigenvalue weighted by Gasteiger charge is -2.10. The van der Waals surface area contributed by atoms with Crippen LogP contribution in [-0.4, -0.2) is 160 Å². The lowest BCUT2D eigenvalue weighted by Crippen LogP contribution is -2.08. The average molecular weight is 1500 g/mol. The van der Waals surface area contributed by atoms with E-state index in [-0.39, 0.29) is 36.3 Å². The maximum Gasteiger partial charge on any atom is 0.161 e. The van der Waals surface area contributed by atoms with E-state index in [1.807, 2.05) is 334 Å². The number of aromatic hydroxyl groups is 1. The van der Waals surface area contributed by atoms with Crippen molar-refractivity contribution in [2.45, 2.75) is 250 Å². The zero-order chi connectivity index (χ0) is 81.4. The molecule has 8 atom stereocenters. The fourth-order valence-electron chi connectivity index (χ4n) is 6.47. The summed E-state index contributed by atoms with van der Waals surface area (Å²) in [5.41, 5.74) is 1.18. The van der Waals surface area contributed by atoms with Gasteiger partial charge in [-0.2, -0.15) is 0 Å². The molecule has 8 aliphatic heterocycles. The molecule has 0 radical (unpaired) electrons. The maximum atomic E-state index is 8.97. The van der Waals surface area contributed by atoms with Crippen molar-refractivity contribution in [1.29, 1.82) is 0 Å². The van der Waals surface area contributed by atoms with Crippen LogP contribution >= 0.6 is 0 Å². The molecule has 6 aromatic carbocycles. The summed E-state index contributed by atoms with van der Waals surface area (Å²) in [4.78, 5) is 0. The third-order valence-corrected chi connectivity index (χ3v) is 11.8. The van der Waals surface area contributed by atoms with E-state index in [9.17, 15) is 0 Å². The number of hydrogen-bond acceptors (Lipinski definition) is 17. The van der Waals surface area contributed by atoms with Crippen LogP contribution in [0.4, 0.5) is 0 Å². The van der Waals surface area contributed by atoms with Gasteiger partial charge in [-0.3, -0.25) is 0 Å². The standard InChI is InChI=1S/2C12H14O4.C10H12O2.C9H10O3.2C9H10O2.14C2H6/c2*1-2-4-12(16-8-10-6-14-10)11(3-1)15-7-9-5-13-9;1-8-4-2-3-5-10(8)12-7-9-6-11-9;10-7-1-3-8(4-2-7)11-5-9-6-12-9;2*1-2-4-8(5-3-1)10-6-9-7-11-9;14*1-2/h2*1-4,9-10H,5-8H2;2-5,9H,6-7H2,1H3;1-4,9-10H,5-6H2;2*1-5,9H,6-7H2;14*1-2H3. The van der Waals surface area contributed by atoms with Crippen molar-refractivity contribution in [2.75, 3.05) is 106 Å². The summed E-state index contributed by atoms with van der Waals surface area (Å²) in [6.07, 6.45) is 2.35. The minimum atomic E-state index is 0.255. The molecule has 8 heterocycles. The SMILES string of the molecule is CC.CC.CC.CC.CC.CC.CC.CC.CC.CC.CC.CC.CC.CC.Cc1ccccc1OCC1CO1.Oc1ccc(OCC2CO2)cc1.c1ccc(OCC2CO2)c(OCC2CO2)c1.c1ccc(OCC2CO2)c(OCC2CO2)c1.c1ccc(OCC2CO2)cc1.c1ccc(OCC2CO2)cc1. The number of phenols is 1. The van der Waals surface area contributed by atoms with Gasteiger partial charge in [-0.1, -0.05) is 273 Å². The molecular formula is C89H154O17. The van der Waals surface area contributed by atoms with E-state index >= 15 is 0 Å². The Kier molecular flexibility index (Phi) is 87.1. The van der Waals surface area contributed by atoms with Crippen LogP contribution in [0.25, 0.3) is 0 Å².